The summed E-state index contributed by atoms with van der Waals surface area (Å²) in [7, 11) is 0. The van der Waals surface area contributed by atoms with E-state index < -0.39 is 17.7 Å². The SMILES string of the molecule is O=C(CN1C(=O)c2ccccc2C1=O)Nc1ccc(CN2CCN(Cc3ccccc3)CC2)cc1. The normalized spacial score (nSPS) is 16.4. The summed E-state index contributed by atoms with van der Waals surface area (Å²) < 4.78 is 0. The van der Waals surface area contributed by atoms with Crippen molar-refractivity contribution in [2.75, 3.05) is 38.0 Å². The molecular weight excluding hydrogens is 440 g/mol. The molecule has 178 valence electrons. The Morgan fingerprint density at radius 2 is 1.14 bits per heavy atom. The summed E-state index contributed by atoms with van der Waals surface area (Å²) in [5.41, 5.74) is 3.86. The summed E-state index contributed by atoms with van der Waals surface area (Å²) >= 11 is 0. The molecule has 0 bridgehead atoms. The maximum atomic E-state index is 12.5. The van der Waals surface area contributed by atoms with Gasteiger partial charge in [-0.3, -0.25) is 29.1 Å². The molecule has 3 amide bonds. The third kappa shape index (κ3) is 5.31. The molecule has 3 aromatic carbocycles. The van der Waals surface area contributed by atoms with E-state index in [0.29, 0.717) is 16.8 Å². The molecule has 0 aliphatic carbocycles. The van der Waals surface area contributed by atoms with Crippen molar-refractivity contribution in [2.24, 2.45) is 0 Å². The largest absolute Gasteiger partial charge is 0.325 e. The van der Waals surface area contributed by atoms with Gasteiger partial charge >= 0.3 is 0 Å². The van der Waals surface area contributed by atoms with Crippen LogP contribution in [-0.2, 0) is 17.9 Å². The van der Waals surface area contributed by atoms with Crippen LogP contribution in [0.3, 0.4) is 0 Å². The Kier molecular flexibility index (Phi) is 6.70. The van der Waals surface area contributed by atoms with Gasteiger partial charge in [0.25, 0.3) is 11.8 Å². The quantitative estimate of drug-likeness (QED) is 0.539. The smallest absolute Gasteiger partial charge is 0.262 e. The Morgan fingerprint density at radius 3 is 1.69 bits per heavy atom. The fraction of sp³-hybridized carbons (Fsp3) is 0.250. The van der Waals surface area contributed by atoms with Crippen molar-refractivity contribution < 1.29 is 14.4 Å². The van der Waals surface area contributed by atoms with E-state index >= 15 is 0 Å². The lowest BCUT2D eigenvalue weighted by molar-refractivity contribution is -0.116. The van der Waals surface area contributed by atoms with Crippen LogP contribution >= 0.6 is 0 Å². The first-order chi connectivity index (χ1) is 17.1. The molecule has 1 N–H and O–H groups in total. The summed E-state index contributed by atoms with van der Waals surface area (Å²) in [6.07, 6.45) is 0. The average molecular weight is 469 g/mol. The molecule has 2 heterocycles. The molecule has 5 rings (SSSR count). The van der Waals surface area contributed by atoms with Crippen LogP contribution in [0.2, 0.25) is 0 Å². The molecule has 1 fully saturated rings. The molecule has 2 aliphatic heterocycles. The molecule has 0 aromatic heterocycles. The number of piperazine rings is 1. The van der Waals surface area contributed by atoms with E-state index in [4.69, 9.17) is 0 Å². The van der Waals surface area contributed by atoms with Crippen LogP contribution in [-0.4, -0.2) is 65.1 Å². The molecule has 7 nitrogen and oxygen atoms in total. The number of nitrogens with one attached hydrogen (secondary N) is 1. The van der Waals surface area contributed by atoms with E-state index in [0.717, 1.165) is 44.2 Å². The Hall–Kier alpha value is -3.81. The van der Waals surface area contributed by atoms with Gasteiger partial charge in [-0.25, -0.2) is 0 Å². The molecule has 0 radical (unpaired) electrons. The van der Waals surface area contributed by atoms with Crippen LogP contribution in [0.25, 0.3) is 0 Å². The highest BCUT2D eigenvalue weighted by atomic mass is 16.2. The van der Waals surface area contributed by atoms with E-state index in [1.165, 1.54) is 11.1 Å². The number of hydrogen-bond donors (Lipinski definition) is 1. The highest BCUT2D eigenvalue weighted by Crippen LogP contribution is 2.22. The molecule has 1 saturated heterocycles. The van der Waals surface area contributed by atoms with Crippen molar-refractivity contribution in [3.05, 3.63) is 101 Å². The second-order valence-electron chi connectivity index (χ2n) is 9.03. The number of imide groups is 1. The zero-order valence-electron chi connectivity index (χ0n) is 19.5. The first-order valence-corrected chi connectivity index (χ1v) is 11.9. The summed E-state index contributed by atoms with van der Waals surface area (Å²) in [4.78, 5) is 43.3. The number of carbonyl (C=O) groups is 3. The molecule has 0 spiro atoms. The minimum atomic E-state index is -0.431. The van der Waals surface area contributed by atoms with Crippen molar-refractivity contribution in [3.63, 3.8) is 0 Å². The number of rotatable bonds is 7. The van der Waals surface area contributed by atoms with E-state index in [9.17, 15) is 14.4 Å². The van der Waals surface area contributed by atoms with E-state index in [-0.39, 0.29) is 6.54 Å². The van der Waals surface area contributed by atoms with Crippen LogP contribution in [0.4, 0.5) is 5.69 Å². The van der Waals surface area contributed by atoms with Gasteiger partial charge in [-0.1, -0.05) is 54.6 Å². The van der Waals surface area contributed by atoms with Crippen LogP contribution in [0, 0.1) is 0 Å². The Labute approximate surface area is 204 Å². The van der Waals surface area contributed by atoms with Crippen LogP contribution in [0.5, 0.6) is 0 Å². The minimum Gasteiger partial charge on any atom is -0.325 e. The van der Waals surface area contributed by atoms with Crippen molar-refractivity contribution in [1.82, 2.24) is 14.7 Å². The van der Waals surface area contributed by atoms with E-state index in [1.807, 2.05) is 30.3 Å². The minimum absolute atomic E-state index is 0.304. The van der Waals surface area contributed by atoms with E-state index in [2.05, 4.69) is 39.4 Å². The molecule has 0 saturated carbocycles. The third-order valence-corrected chi connectivity index (χ3v) is 6.54. The summed E-state index contributed by atoms with van der Waals surface area (Å²) in [5.74, 6) is -1.26. The molecule has 7 heteroatoms. The van der Waals surface area contributed by atoms with Gasteiger partial charge < -0.3 is 5.32 Å². The van der Waals surface area contributed by atoms with Gasteiger partial charge in [0, 0.05) is 45.0 Å². The van der Waals surface area contributed by atoms with Gasteiger partial charge in [0.15, 0.2) is 0 Å². The highest BCUT2D eigenvalue weighted by Gasteiger charge is 2.36. The van der Waals surface area contributed by atoms with Gasteiger partial charge in [0.2, 0.25) is 5.91 Å². The lowest BCUT2D eigenvalue weighted by Gasteiger charge is -2.34. The van der Waals surface area contributed by atoms with Gasteiger partial charge in [0.05, 0.1) is 11.1 Å². The number of nitrogens with zero attached hydrogens (tertiary/aromatic N) is 3. The molecule has 0 atom stereocenters. The summed E-state index contributed by atoms with van der Waals surface area (Å²) in [5, 5.41) is 2.79. The highest BCUT2D eigenvalue weighted by molar-refractivity contribution is 6.22. The van der Waals surface area contributed by atoms with Crippen LogP contribution in [0.1, 0.15) is 31.8 Å². The molecule has 2 aliphatic rings. The Bertz CT molecular complexity index is 1180. The van der Waals surface area contributed by atoms with Crippen molar-refractivity contribution in [2.45, 2.75) is 13.1 Å². The van der Waals surface area contributed by atoms with Crippen molar-refractivity contribution in [1.29, 1.82) is 0 Å². The summed E-state index contributed by atoms with van der Waals surface area (Å²) in [6.45, 7) is 5.67. The summed E-state index contributed by atoms with van der Waals surface area (Å²) in [6, 6.07) is 24.9. The molecule has 3 aromatic rings. The zero-order chi connectivity index (χ0) is 24.2. The monoisotopic (exact) mass is 468 g/mol. The maximum absolute atomic E-state index is 12.5. The first kappa shape index (κ1) is 23.0. The maximum Gasteiger partial charge on any atom is 0.262 e. The van der Waals surface area contributed by atoms with Crippen LogP contribution < -0.4 is 5.32 Å². The first-order valence-electron chi connectivity index (χ1n) is 11.9. The lowest BCUT2D eigenvalue weighted by atomic mass is 10.1. The Balaban J connectivity index is 1.09. The number of carbonyl (C=O) groups excluding carboxylic acids is 3. The number of fused-ring (bicyclic) bond motifs is 1. The van der Waals surface area contributed by atoms with E-state index in [1.54, 1.807) is 24.3 Å². The van der Waals surface area contributed by atoms with Gasteiger partial charge in [0.1, 0.15) is 6.54 Å². The number of benzene rings is 3. The standard InChI is InChI=1S/C28H28N4O3/c33-26(20-32-27(34)24-8-4-5-9-25(24)28(32)35)29-23-12-10-22(11-13-23)19-31-16-14-30(15-17-31)18-21-6-2-1-3-7-21/h1-13H,14-20H2,(H,29,33). The fourth-order valence-corrected chi connectivity index (χ4v) is 4.63. The second kappa shape index (κ2) is 10.2. The number of hydrogen-bond acceptors (Lipinski definition) is 5. The molecule has 0 unspecified atom stereocenters. The second-order valence-corrected chi connectivity index (χ2v) is 9.03. The van der Waals surface area contributed by atoms with Gasteiger partial charge in [-0.05, 0) is 35.4 Å². The predicted molar refractivity (Wildman–Crippen MR) is 134 cm³/mol. The zero-order valence-corrected chi connectivity index (χ0v) is 19.5. The van der Waals surface area contributed by atoms with Gasteiger partial charge in [-0.15, -0.1) is 0 Å². The molecule has 35 heavy (non-hydrogen) atoms. The topological polar surface area (TPSA) is 73.0 Å². The van der Waals surface area contributed by atoms with Gasteiger partial charge in [-0.2, -0.15) is 0 Å². The Morgan fingerprint density at radius 1 is 0.657 bits per heavy atom. The van der Waals surface area contributed by atoms with Crippen molar-refractivity contribution in [3.8, 4) is 0 Å². The number of amides is 3. The number of anilines is 1. The predicted octanol–water partition coefficient (Wildman–Crippen LogP) is 3.24. The lowest BCUT2D eigenvalue weighted by Crippen LogP contribution is -2.45. The molecular formula is C28H28N4O3. The average Bonchev–Trinajstić information content (AvgIpc) is 3.12. The van der Waals surface area contributed by atoms with Crippen molar-refractivity contribution >= 4 is 23.4 Å². The fourth-order valence-electron chi connectivity index (χ4n) is 4.63. The third-order valence-electron chi connectivity index (χ3n) is 6.54. The van der Waals surface area contributed by atoms with Crippen LogP contribution in [0.15, 0.2) is 78.9 Å².